The van der Waals surface area contributed by atoms with Crippen LogP contribution in [0.15, 0.2) is 18.5 Å². The first kappa shape index (κ1) is 9.04. The monoisotopic (exact) mass is 193 g/mol. The van der Waals surface area contributed by atoms with Gasteiger partial charge in [0.05, 0.1) is 24.0 Å². The predicted molar refractivity (Wildman–Crippen MR) is 49.3 cm³/mol. The first-order valence-electron chi connectivity index (χ1n) is 4.39. The summed E-state index contributed by atoms with van der Waals surface area (Å²) in [5.74, 6) is -0.115. The summed E-state index contributed by atoms with van der Waals surface area (Å²) in [5, 5.41) is 10.1. The van der Waals surface area contributed by atoms with Gasteiger partial charge in [-0.1, -0.05) is 0 Å². The fraction of sp³-hybridized carbons (Fsp3) is 0.375. The molecule has 1 aliphatic rings. The van der Waals surface area contributed by atoms with Crippen LogP contribution < -0.4 is 16.2 Å². The maximum absolute atomic E-state index is 11.6. The molecule has 1 aromatic rings. The molecule has 0 spiro atoms. The Morgan fingerprint density at radius 2 is 2.21 bits per heavy atom. The summed E-state index contributed by atoms with van der Waals surface area (Å²) < 4.78 is 0. The second kappa shape index (κ2) is 4.12. The highest BCUT2D eigenvalue weighted by Gasteiger charge is 2.17. The Hall–Kier alpha value is -1.53. The van der Waals surface area contributed by atoms with Crippen molar-refractivity contribution in [2.75, 3.05) is 13.1 Å². The number of hydrogen-bond acceptors (Lipinski definition) is 5. The molecule has 0 bridgehead atoms. The Labute approximate surface area is 81.1 Å². The second-order valence-electron chi connectivity index (χ2n) is 3.06. The van der Waals surface area contributed by atoms with Crippen LogP contribution in [0.2, 0.25) is 0 Å². The quantitative estimate of drug-likeness (QED) is 0.543. The van der Waals surface area contributed by atoms with Crippen LogP contribution in [0, 0.1) is 0 Å². The lowest BCUT2D eigenvalue weighted by Gasteiger charge is -2.09. The predicted octanol–water partition coefficient (Wildman–Crippen LogP) is -1.32. The van der Waals surface area contributed by atoms with Crippen LogP contribution in [-0.4, -0.2) is 35.2 Å². The molecule has 1 saturated heterocycles. The van der Waals surface area contributed by atoms with E-state index in [4.69, 9.17) is 0 Å². The fourth-order valence-electron chi connectivity index (χ4n) is 1.26. The van der Waals surface area contributed by atoms with Crippen LogP contribution in [0.5, 0.6) is 0 Å². The lowest BCUT2D eigenvalue weighted by atomic mass is 10.2. The van der Waals surface area contributed by atoms with E-state index in [0.29, 0.717) is 5.56 Å². The van der Waals surface area contributed by atoms with Crippen LogP contribution in [0.3, 0.4) is 0 Å². The molecule has 2 heterocycles. The average Bonchev–Trinajstić information content (AvgIpc) is 2.72. The number of nitrogens with one attached hydrogen (secondary N) is 3. The molecular formula is C8H11N5O. The highest BCUT2D eigenvalue weighted by Crippen LogP contribution is 1.95. The molecule has 74 valence electrons. The van der Waals surface area contributed by atoms with Crippen LogP contribution in [-0.2, 0) is 0 Å². The Balaban J connectivity index is 1.95. The topological polar surface area (TPSA) is 78.9 Å². The minimum Gasteiger partial charge on any atom is -0.347 e. The van der Waals surface area contributed by atoms with Gasteiger partial charge in [0.25, 0.3) is 5.91 Å². The highest BCUT2D eigenvalue weighted by molar-refractivity contribution is 5.93. The van der Waals surface area contributed by atoms with Gasteiger partial charge in [-0.3, -0.25) is 15.6 Å². The molecular weight excluding hydrogens is 182 g/mol. The molecule has 3 N–H and O–H groups in total. The molecule has 0 aliphatic carbocycles. The van der Waals surface area contributed by atoms with Gasteiger partial charge < -0.3 is 5.32 Å². The average molecular weight is 193 g/mol. The molecule has 0 unspecified atom stereocenters. The first-order chi connectivity index (χ1) is 6.86. The minimum absolute atomic E-state index is 0.115. The lowest BCUT2D eigenvalue weighted by molar-refractivity contribution is 0.0941. The van der Waals surface area contributed by atoms with Crippen LogP contribution in [0.4, 0.5) is 0 Å². The van der Waals surface area contributed by atoms with Crippen molar-refractivity contribution in [2.24, 2.45) is 0 Å². The number of aromatic nitrogens is 2. The van der Waals surface area contributed by atoms with E-state index in [9.17, 15) is 4.79 Å². The van der Waals surface area contributed by atoms with Crippen LogP contribution in [0.25, 0.3) is 0 Å². The normalized spacial score (nSPS) is 16.9. The summed E-state index contributed by atoms with van der Waals surface area (Å²) in [6, 6.07) is 1.77. The largest absolute Gasteiger partial charge is 0.347 e. The summed E-state index contributed by atoms with van der Waals surface area (Å²) in [6.07, 6.45) is 2.95. The van der Waals surface area contributed by atoms with Crippen molar-refractivity contribution in [1.29, 1.82) is 0 Å². The Morgan fingerprint density at radius 1 is 1.43 bits per heavy atom. The van der Waals surface area contributed by atoms with Crippen molar-refractivity contribution in [1.82, 2.24) is 26.4 Å². The van der Waals surface area contributed by atoms with Gasteiger partial charge in [0, 0.05) is 13.1 Å². The number of amides is 1. The molecule has 0 saturated carbocycles. The van der Waals surface area contributed by atoms with E-state index < -0.39 is 0 Å². The van der Waals surface area contributed by atoms with Crippen molar-refractivity contribution in [3.8, 4) is 0 Å². The summed E-state index contributed by atoms with van der Waals surface area (Å²) in [4.78, 5) is 11.6. The molecule has 14 heavy (non-hydrogen) atoms. The van der Waals surface area contributed by atoms with E-state index in [-0.39, 0.29) is 11.9 Å². The lowest BCUT2D eigenvalue weighted by Crippen LogP contribution is -2.38. The third kappa shape index (κ3) is 2.04. The summed E-state index contributed by atoms with van der Waals surface area (Å²) in [7, 11) is 0. The van der Waals surface area contributed by atoms with Gasteiger partial charge in [-0.2, -0.15) is 10.2 Å². The SMILES string of the molecule is O=C(NC1CNNC1)c1ccnnc1. The third-order valence-corrected chi connectivity index (χ3v) is 2.00. The smallest absolute Gasteiger partial charge is 0.253 e. The molecule has 0 atom stereocenters. The molecule has 0 radical (unpaired) electrons. The summed E-state index contributed by atoms with van der Waals surface area (Å²) in [6.45, 7) is 1.48. The molecule has 1 amide bonds. The number of rotatable bonds is 2. The van der Waals surface area contributed by atoms with Crippen molar-refractivity contribution < 1.29 is 4.79 Å². The van der Waals surface area contributed by atoms with E-state index in [1.54, 1.807) is 6.07 Å². The molecule has 1 aromatic heterocycles. The van der Waals surface area contributed by atoms with E-state index in [1.807, 2.05) is 0 Å². The van der Waals surface area contributed by atoms with E-state index in [1.165, 1.54) is 12.4 Å². The minimum atomic E-state index is -0.115. The number of nitrogens with zero attached hydrogens (tertiary/aromatic N) is 2. The van der Waals surface area contributed by atoms with Gasteiger partial charge in [-0.05, 0) is 6.07 Å². The van der Waals surface area contributed by atoms with Crippen molar-refractivity contribution in [3.63, 3.8) is 0 Å². The molecule has 6 heteroatoms. The number of carbonyl (C=O) groups is 1. The van der Waals surface area contributed by atoms with Crippen molar-refractivity contribution >= 4 is 5.91 Å². The summed E-state index contributed by atoms with van der Waals surface area (Å²) >= 11 is 0. The molecule has 1 aliphatic heterocycles. The van der Waals surface area contributed by atoms with E-state index >= 15 is 0 Å². The maximum Gasteiger partial charge on any atom is 0.253 e. The maximum atomic E-state index is 11.6. The van der Waals surface area contributed by atoms with Gasteiger partial charge in [0.15, 0.2) is 0 Å². The molecule has 6 nitrogen and oxygen atoms in total. The zero-order valence-electron chi connectivity index (χ0n) is 7.53. The Kier molecular flexibility index (Phi) is 2.66. The number of hydrogen-bond donors (Lipinski definition) is 3. The van der Waals surface area contributed by atoms with Crippen molar-refractivity contribution in [3.05, 3.63) is 24.0 Å². The first-order valence-corrected chi connectivity index (χ1v) is 4.39. The zero-order valence-corrected chi connectivity index (χ0v) is 7.53. The Morgan fingerprint density at radius 3 is 2.86 bits per heavy atom. The van der Waals surface area contributed by atoms with Gasteiger partial charge in [-0.25, -0.2) is 0 Å². The standard InChI is InChI=1S/C8H11N5O/c14-8(6-1-2-9-10-3-6)13-7-4-11-12-5-7/h1-3,7,11-12H,4-5H2,(H,13,14). The Bertz CT molecular complexity index is 309. The molecule has 1 fully saturated rings. The number of carbonyl (C=O) groups excluding carboxylic acids is 1. The van der Waals surface area contributed by atoms with E-state index in [0.717, 1.165) is 13.1 Å². The van der Waals surface area contributed by atoms with Gasteiger partial charge in [-0.15, -0.1) is 0 Å². The highest BCUT2D eigenvalue weighted by atomic mass is 16.1. The van der Waals surface area contributed by atoms with Gasteiger partial charge >= 0.3 is 0 Å². The second-order valence-corrected chi connectivity index (χ2v) is 3.06. The third-order valence-electron chi connectivity index (χ3n) is 2.00. The van der Waals surface area contributed by atoms with Crippen LogP contribution >= 0.6 is 0 Å². The number of hydrazine groups is 1. The molecule has 2 rings (SSSR count). The fourth-order valence-corrected chi connectivity index (χ4v) is 1.26. The van der Waals surface area contributed by atoms with Crippen LogP contribution in [0.1, 0.15) is 10.4 Å². The van der Waals surface area contributed by atoms with Gasteiger partial charge in [0.1, 0.15) is 0 Å². The van der Waals surface area contributed by atoms with Crippen molar-refractivity contribution in [2.45, 2.75) is 6.04 Å². The van der Waals surface area contributed by atoms with Gasteiger partial charge in [0.2, 0.25) is 0 Å². The molecule has 0 aromatic carbocycles. The van der Waals surface area contributed by atoms with E-state index in [2.05, 4.69) is 26.4 Å². The zero-order chi connectivity index (χ0) is 9.80. The summed E-state index contributed by atoms with van der Waals surface area (Å²) in [5.41, 5.74) is 6.41.